The first-order chi connectivity index (χ1) is 8.74. The molecule has 0 amide bonds. The van der Waals surface area contributed by atoms with Crippen LogP contribution in [0.4, 0.5) is 5.69 Å². The normalized spacial score (nSPS) is 16.9. The summed E-state index contributed by atoms with van der Waals surface area (Å²) < 4.78 is 5.45. The number of anilines is 1. The van der Waals surface area contributed by atoms with E-state index < -0.39 is 0 Å². The van der Waals surface area contributed by atoms with Gasteiger partial charge < -0.3 is 15.4 Å². The van der Waals surface area contributed by atoms with Crippen molar-refractivity contribution in [3.05, 3.63) is 23.8 Å². The SMILES string of the molecule is COc1ccc(C)cc1N1CCN(CCN)CC1. The second kappa shape index (κ2) is 6.07. The van der Waals surface area contributed by atoms with Crippen LogP contribution < -0.4 is 15.4 Å². The number of piperazine rings is 1. The molecule has 18 heavy (non-hydrogen) atoms. The van der Waals surface area contributed by atoms with Crippen LogP contribution in [0.1, 0.15) is 5.56 Å². The number of methoxy groups -OCH3 is 1. The predicted molar refractivity (Wildman–Crippen MR) is 75.4 cm³/mol. The highest BCUT2D eigenvalue weighted by molar-refractivity contribution is 5.60. The van der Waals surface area contributed by atoms with Crippen molar-refractivity contribution in [2.75, 3.05) is 51.3 Å². The van der Waals surface area contributed by atoms with Crippen LogP contribution >= 0.6 is 0 Å². The number of aryl methyl sites for hydroxylation is 1. The Kier molecular flexibility index (Phi) is 4.44. The van der Waals surface area contributed by atoms with Crippen molar-refractivity contribution in [3.63, 3.8) is 0 Å². The van der Waals surface area contributed by atoms with Crippen LogP contribution in [0.25, 0.3) is 0 Å². The third-order valence-corrected chi connectivity index (χ3v) is 3.49. The Labute approximate surface area is 109 Å². The predicted octanol–water partition coefficient (Wildman–Crippen LogP) is 1.08. The van der Waals surface area contributed by atoms with E-state index in [1.807, 2.05) is 0 Å². The van der Waals surface area contributed by atoms with Gasteiger partial charge in [0.15, 0.2) is 0 Å². The van der Waals surface area contributed by atoms with E-state index in [1.165, 1.54) is 11.3 Å². The summed E-state index contributed by atoms with van der Waals surface area (Å²) in [6.07, 6.45) is 0. The Bertz CT molecular complexity index is 387. The zero-order valence-corrected chi connectivity index (χ0v) is 11.4. The zero-order valence-electron chi connectivity index (χ0n) is 11.4. The molecule has 0 radical (unpaired) electrons. The van der Waals surface area contributed by atoms with Gasteiger partial charge >= 0.3 is 0 Å². The van der Waals surface area contributed by atoms with Crippen LogP contribution in [-0.2, 0) is 0 Å². The standard InChI is InChI=1S/C14H23N3O/c1-12-3-4-14(18-2)13(11-12)17-9-7-16(6-5-15)8-10-17/h3-4,11H,5-10,15H2,1-2H3. The molecule has 4 heteroatoms. The lowest BCUT2D eigenvalue weighted by Crippen LogP contribution is -2.47. The summed E-state index contributed by atoms with van der Waals surface area (Å²) in [6, 6.07) is 6.35. The smallest absolute Gasteiger partial charge is 0.142 e. The van der Waals surface area contributed by atoms with Gasteiger partial charge in [-0.25, -0.2) is 0 Å². The maximum atomic E-state index is 5.60. The molecule has 0 atom stereocenters. The molecule has 2 N–H and O–H groups in total. The van der Waals surface area contributed by atoms with Crippen LogP contribution in [-0.4, -0.2) is 51.3 Å². The zero-order chi connectivity index (χ0) is 13.0. The van der Waals surface area contributed by atoms with Crippen LogP contribution in [0.3, 0.4) is 0 Å². The molecular formula is C14H23N3O. The van der Waals surface area contributed by atoms with Gasteiger partial charge in [0.25, 0.3) is 0 Å². The van der Waals surface area contributed by atoms with E-state index in [4.69, 9.17) is 10.5 Å². The van der Waals surface area contributed by atoms with Crippen LogP contribution in [0.5, 0.6) is 5.75 Å². The third kappa shape index (κ3) is 2.94. The second-order valence-electron chi connectivity index (χ2n) is 4.79. The molecular weight excluding hydrogens is 226 g/mol. The summed E-state index contributed by atoms with van der Waals surface area (Å²) in [5.41, 5.74) is 8.08. The topological polar surface area (TPSA) is 41.7 Å². The van der Waals surface area contributed by atoms with Gasteiger partial charge in [0.1, 0.15) is 5.75 Å². The van der Waals surface area contributed by atoms with Gasteiger partial charge in [0.05, 0.1) is 12.8 Å². The van der Waals surface area contributed by atoms with Gasteiger partial charge in [-0.1, -0.05) is 6.07 Å². The lowest BCUT2D eigenvalue weighted by molar-refractivity contribution is 0.264. The maximum absolute atomic E-state index is 5.60. The van der Waals surface area contributed by atoms with E-state index in [-0.39, 0.29) is 0 Å². The molecule has 1 aromatic rings. The molecule has 0 unspecified atom stereocenters. The number of benzene rings is 1. The van der Waals surface area contributed by atoms with Crippen molar-refractivity contribution >= 4 is 5.69 Å². The fourth-order valence-electron chi connectivity index (χ4n) is 2.44. The number of rotatable bonds is 4. The molecule has 0 saturated carbocycles. The minimum absolute atomic E-state index is 0.744. The van der Waals surface area contributed by atoms with Gasteiger partial charge in [0.2, 0.25) is 0 Å². The molecule has 0 aromatic heterocycles. The summed E-state index contributed by atoms with van der Waals surface area (Å²) in [5, 5.41) is 0. The number of nitrogens with zero attached hydrogens (tertiary/aromatic N) is 2. The summed E-state index contributed by atoms with van der Waals surface area (Å²) in [4.78, 5) is 4.82. The molecule has 1 aromatic carbocycles. The molecule has 1 heterocycles. The summed E-state index contributed by atoms with van der Waals surface area (Å²) >= 11 is 0. The monoisotopic (exact) mass is 249 g/mol. The Morgan fingerprint density at radius 1 is 1.22 bits per heavy atom. The Balaban J connectivity index is 2.06. The highest BCUT2D eigenvalue weighted by atomic mass is 16.5. The first-order valence-corrected chi connectivity index (χ1v) is 6.56. The fraction of sp³-hybridized carbons (Fsp3) is 0.571. The first kappa shape index (κ1) is 13.2. The summed E-state index contributed by atoms with van der Waals surface area (Å²) in [7, 11) is 1.73. The molecule has 1 aliphatic rings. The first-order valence-electron chi connectivity index (χ1n) is 6.56. The Hall–Kier alpha value is -1.26. The Morgan fingerprint density at radius 2 is 1.94 bits per heavy atom. The molecule has 0 bridgehead atoms. The van der Waals surface area contributed by atoms with Crippen LogP contribution in [0.15, 0.2) is 18.2 Å². The van der Waals surface area contributed by atoms with Crippen molar-refractivity contribution in [1.29, 1.82) is 0 Å². The average molecular weight is 249 g/mol. The summed E-state index contributed by atoms with van der Waals surface area (Å²) in [5.74, 6) is 0.966. The number of hydrogen-bond donors (Lipinski definition) is 1. The van der Waals surface area contributed by atoms with E-state index in [0.717, 1.165) is 45.0 Å². The van der Waals surface area contributed by atoms with Gasteiger partial charge in [-0.3, -0.25) is 4.90 Å². The largest absolute Gasteiger partial charge is 0.495 e. The second-order valence-corrected chi connectivity index (χ2v) is 4.79. The maximum Gasteiger partial charge on any atom is 0.142 e. The van der Waals surface area contributed by atoms with E-state index in [0.29, 0.717) is 0 Å². The molecule has 100 valence electrons. The van der Waals surface area contributed by atoms with E-state index in [2.05, 4.69) is 34.9 Å². The lowest BCUT2D eigenvalue weighted by atomic mass is 10.1. The average Bonchev–Trinajstić information content (AvgIpc) is 2.40. The number of hydrogen-bond acceptors (Lipinski definition) is 4. The lowest BCUT2D eigenvalue weighted by Gasteiger charge is -2.36. The highest BCUT2D eigenvalue weighted by Gasteiger charge is 2.19. The molecule has 2 rings (SSSR count). The molecule has 0 aliphatic carbocycles. The highest BCUT2D eigenvalue weighted by Crippen LogP contribution is 2.29. The minimum atomic E-state index is 0.744. The van der Waals surface area contributed by atoms with Gasteiger partial charge in [-0.15, -0.1) is 0 Å². The van der Waals surface area contributed by atoms with Crippen molar-refractivity contribution in [1.82, 2.24) is 4.90 Å². The Morgan fingerprint density at radius 3 is 2.56 bits per heavy atom. The molecule has 1 fully saturated rings. The summed E-state index contributed by atoms with van der Waals surface area (Å²) in [6.45, 7) is 8.10. The molecule has 4 nitrogen and oxygen atoms in total. The van der Waals surface area contributed by atoms with Crippen molar-refractivity contribution in [2.24, 2.45) is 5.73 Å². The third-order valence-electron chi connectivity index (χ3n) is 3.49. The van der Waals surface area contributed by atoms with Crippen molar-refractivity contribution < 1.29 is 4.74 Å². The fourth-order valence-corrected chi connectivity index (χ4v) is 2.44. The number of ether oxygens (including phenoxy) is 1. The van der Waals surface area contributed by atoms with Gasteiger partial charge in [-0.2, -0.15) is 0 Å². The van der Waals surface area contributed by atoms with Crippen LogP contribution in [0.2, 0.25) is 0 Å². The molecule has 0 spiro atoms. The van der Waals surface area contributed by atoms with E-state index in [9.17, 15) is 0 Å². The van der Waals surface area contributed by atoms with E-state index in [1.54, 1.807) is 7.11 Å². The quantitative estimate of drug-likeness (QED) is 0.867. The molecule has 1 aliphatic heterocycles. The van der Waals surface area contributed by atoms with Gasteiger partial charge in [-0.05, 0) is 24.6 Å². The van der Waals surface area contributed by atoms with E-state index >= 15 is 0 Å². The van der Waals surface area contributed by atoms with Crippen molar-refractivity contribution in [3.8, 4) is 5.75 Å². The molecule has 1 saturated heterocycles. The number of nitrogens with two attached hydrogens (primary N) is 1. The van der Waals surface area contributed by atoms with Gasteiger partial charge in [0, 0.05) is 39.3 Å². The van der Waals surface area contributed by atoms with Crippen molar-refractivity contribution in [2.45, 2.75) is 6.92 Å². The van der Waals surface area contributed by atoms with Crippen LogP contribution in [0, 0.1) is 6.92 Å². The minimum Gasteiger partial charge on any atom is -0.495 e.